The number of carbonyl (C=O) groups is 1. The van der Waals surface area contributed by atoms with Crippen molar-refractivity contribution < 1.29 is 26.9 Å². The van der Waals surface area contributed by atoms with Gasteiger partial charge < -0.3 is 13.7 Å². The van der Waals surface area contributed by atoms with Gasteiger partial charge in [-0.25, -0.2) is 13.2 Å². The topological polar surface area (TPSA) is 103 Å². The summed E-state index contributed by atoms with van der Waals surface area (Å²) in [7, 11) is -3.79. The Labute approximate surface area is 181 Å². The van der Waals surface area contributed by atoms with Crippen molar-refractivity contribution in [1.29, 1.82) is 0 Å². The van der Waals surface area contributed by atoms with Crippen molar-refractivity contribution in [2.75, 3.05) is 13.2 Å². The van der Waals surface area contributed by atoms with Gasteiger partial charge in [0.15, 0.2) is 5.76 Å². The third kappa shape index (κ3) is 3.76. The molecule has 9 heteroatoms. The molecule has 0 radical (unpaired) electrons. The summed E-state index contributed by atoms with van der Waals surface area (Å²) in [6, 6.07) is 6.10. The minimum absolute atomic E-state index is 0.0910. The number of nitrogens with zero attached hydrogens (tertiary/aromatic N) is 2. The first kappa shape index (κ1) is 21.6. The Hall–Kier alpha value is -2.65. The number of hydrogen-bond donors (Lipinski definition) is 0. The van der Waals surface area contributed by atoms with Crippen molar-refractivity contribution in [3.8, 4) is 0 Å². The highest BCUT2D eigenvalue weighted by Gasteiger charge is 2.38. The van der Waals surface area contributed by atoms with E-state index < -0.39 is 16.0 Å². The minimum Gasteiger partial charge on any atom is -0.460 e. The van der Waals surface area contributed by atoms with Crippen LogP contribution in [0.5, 0.6) is 0 Å². The zero-order valence-electron chi connectivity index (χ0n) is 18.0. The molecule has 1 aliphatic heterocycles. The van der Waals surface area contributed by atoms with Gasteiger partial charge in [-0.05, 0) is 50.8 Å². The normalized spacial score (nSPS) is 17.6. The molecule has 1 aromatic carbocycles. The second-order valence-corrected chi connectivity index (χ2v) is 9.91. The Balaban J connectivity index is 1.70. The molecule has 0 aliphatic carbocycles. The summed E-state index contributed by atoms with van der Waals surface area (Å²) in [5, 5.41) is 4.65. The van der Waals surface area contributed by atoms with Gasteiger partial charge in [0.25, 0.3) is 0 Å². The molecule has 4 rings (SSSR count). The van der Waals surface area contributed by atoms with Crippen molar-refractivity contribution in [3.05, 3.63) is 47.0 Å². The van der Waals surface area contributed by atoms with E-state index in [-0.39, 0.29) is 29.2 Å². The monoisotopic (exact) mass is 446 g/mol. The van der Waals surface area contributed by atoms with E-state index in [1.165, 1.54) is 10.4 Å². The van der Waals surface area contributed by atoms with Gasteiger partial charge in [-0.2, -0.15) is 4.31 Å². The number of aromatic nitrogens is 1. The molecule has 0 spiro atoms. The van der Waals surface area contributed by atoms with Crippen molar-refractivity contribution in [3.63, 3.8) is 0 Å². The highest BCUT2D eigenvalue weighted by Crippen LogP contribution is 2.38. The summed E-state index contributed by atoms with van der Waals surface area (Å²) in [5.74, 6) is 0.291. The van der Waals surface area contributed by atoms with E-state index in [0.29, 0.717) is 35.3 Å². The summed E-state index contributed by atoms with van der Waals surface area (Å²) < 4.78 is 44.6. The van der Waals surface area contributed by atoms with Crippen LogP contribution in [0.4, 0.5) is 0 Å². The molecule has 1 atom stereocenters. The number of rotatable bonds is 6. The van der Waals surface area contributed by atoms with Crippen LogP contribution in [0.2, 0.25) is 0 Å². The fraction of sp³-hybridized carbons (Fsp3) is 0.455. The lowest BCUT2D eigenvalue weighted by molar-refractivity contribution is 0.0491. The SMILES string of the molecule is CCOC(=O)c1oc2ccc(S(=O)(=O)N3CCC[C@H]3c3cc(C(C)C)no3)cc2c1C. The van der Waals surface area contributed by atoms with Gasteiger partial charge in [0.1, 0.15) is 5.58 Å². The second kappa shape index (κ2) is 8.12. The third-order valence-electron chi connectivity index (χ3n) is 5.65. The Morgan fingerprint density at radius 2 is 2.10 bits per heavy atom. The molecule has 0 bridgehead atoms. The highest BCUT2D eigenvalue weighted by atomic mass is 32.2. The maximum atomic E-state index is 13.5. The lowest BCUT2D eigenvalue weighted by Gasteiger charge is -2.22. The number of benzene rings is 1. The number of aryl methyl sites for hydroxylation is 1. The lowest BCUT2D eigenvalue weighted by atomic mass is 10.1. The molecule has 0 unspecified atom stereocenters. The van der Waals surface area contributed by atoms with E-state index in [4.69, 9.17) is 13.7 Å². The summed E-state index contributed by atoms with van der Waals surface area (Å²) in [6.45, 7) is 8.09. The number of esters is 1. The third-order valence-corrected chi connectivity index (χ3v) is 7.55. The zero-order chi connectivity index (χ0) is 22.3. The number of fused-ring (bicyclic) bond motifs is 1. The van der Waals surface area contributed by atoms with E-state index >= 15 is 0 Å². The predicted octanol–water partition coefficient (Wildman–Crippen LogP) is 4.56. The first-order chi connectivity index (χ1) is 14.7. The van der Waals surface area contributed by atoms with E-state index in [1.807, 2.05) is 19.9 Å². The zero-order valence-corrected chi connectivity index (χ0v) is 18.9. The molecule has 2 aromatic heterocycles. The number of ether oxygens (including phenoxy) is 1. The van der Waals surface area contributed by atoms with Crippen molar-refractivity contribution in [2.24, 2.45) is 0 Å². The quantitative estimate of drug-likeness (QED) is 0.512. The summed E-state index contributed by atoms with van der Waals surface area (Å²) in [5.41, 5.74) is 1.80. The number of carbonyl (C=O) groups excluding carboxylic acids is 1. The van der Waals surface area contributed by atoms with Gasteiger partial charge >= 0.3 is 5.97 Å². The van der Waals surface area contributed by atoms with Crippen LogP contribution >= 0.6 is 0 Å². The van der Waals surface area contributed by atoms with Gasteiger partial charge in [0.05, 0.1) is 23.2 Å². The van der Waals surface area contributed by atoms with E-state index in [2.05, 4.69) is 5.16 Å². The second-order valence-electron chi connectivity index (χ2n) is 8.02. The highest BCUT2D eigenvalue weighted by molar-refractivity contribution is 7.89. The molecule has 3 heterocycles. The van der Waals surface area contributed by atoms with Crippen LogP contribution in [0.15, 0.2) is 38.1 Å². The molecule has 1 fully saturated rings. The smallest absolute Gasteiger partial charge is 0.374 e. The Morgan fingerprint density at radius 3 is 2.77 bits per heavy atom. The molecule has 8 nitrogen and oxygen atoms in total. The van der Waals surface area contributed by atoms with Gasteiger partial charge in [-0.3, -0.25) is 0 Å². The van der Waals surface area contributed by atoms with Crippen LogP contribution in [-0.4, -0.2) is 37.0 Å². The Bertz CT molecular complexity index is 1220. The molecule has 1 saturated heterocycles. The first-order valence-electron chi connectivity index (χ1n) is 10.4. The van der Waals surface area contributed by atoms with Gasteiger partial charge in [0, 0.05) is 23.6 Å². The van der Waals surface area contributed by atoms with E-state index in [1.54, 1.807) is 26.0 Å². The van der Waals surface area contributed by atoms with Gasteiger partial charge in [0.2, 0.25) is 15.8 Å². The van der Waals surface area contributed by atoms with Crippen molar-refractivity contribution in [2.45, 2.75) is 57.4 Å². The maximum Gasteiger partial charge on any atom is 0.374 e. The molecule has 31 heavy (non-hydrogen) atoms. The lowest BCUT2D eigenvalue weighted by Crippen LogP contribution is -2.30. The average molecular weight is 447 g/mol. The summed E-state index contributed by atoms with van der Waals surface area (Å²) >= 11 is 0. The van der Waals surface area contributed by atoms with E-state index in [9.17, 15) is 13.2 Å². The fourth-order valence-corrected chi connectivity index (χ4v) is 5.62. The molecule has 0 saturated carbocycles. The summed E-state index contributed by atoms with van der Waals surface area (Å²) in [4.78, 5) is 12.3. The van der Waals surface area contributed by atoms with Gasteiger partial charge in [-0.1, -0.05) is 19.0 Å². The Kier molecular flexibility index (Phi) is 5.65. The molecule has 166 valence electrons. The largest absolute Gasteiger partial charge is 0.460 e. The minimum atomic E-state index is -3.79. The van der Waals surface area contributed by atoms with Crippen LogP contribution in [0, 0.1) is 6.92 Å². The molecule has 0 N–H and O–H groups in total. The first-order valence-corrected chi connectivity index (χ1v) is 11.9. The number of sulfonamides is 1. The predicted molar refractivity (Wildman–Crippen MR) is 113 cm³/mol. The number of furan rings is 1. The van der Waals surface area contributed by atoms with Gasteiger partial charge in [-0.15, -0.1) is 0 Å². The molecular weight excluding hydrogens is 420 g/mol. The van der Waals surface area contributed by atoms with Crippen molar-refractivity contribution in [1.82, 2.24) is 9.46 Å². The molecule has 1 aliphatic rings. The standard InChI is InChI=1S/C22H26N2O6S/c1-5-28-22(25)21-14(4)16-11-15(8-9-19(16)29-21)31(26,27)24-10-6-7-18(24)20-12-17(13(2)3)23-30-20/h8-9,11-13,18H,5-7,10H2,1-4H3/t18-/m0/s1. The number of hydrogen-bond acceptors (Lipinski definition) is 7. The summed E-state index contributed by atoms with van der Waals surface area (Å²) in [6.07, 6.45) is 1.41. The Morgan fingerprint density at radius 1 is 1.32 bits per heavy atom. The maximum absolute atomic E-state index is 13.5. The van der Waals surface area contributed by atoms with Crippen LogP contribution < -0.4 is 0 Å². The van der Waals surface area contributed by atoms with Crippen molar-refractivity contribution >= 4 is 27.0 Å². The van der Waals surface area contributed by atoms with Crippen LogP contribution in [0.3, 0.4) is 0 Å². The van der Waals surface area contributed by atoms with E-state index in [0.717, 1.165) is 12.1 Å². The average Bonchev–Trinajstić information content (AvgIpc) is 3.46. The van der Waals surface area contributed by atoms with Crippen LogP contribution in [0.25, 0.3) is 11.0 Å². The molecule has 3 aromatic rings. The van der Waals surface area contributed by atoms with Crippen LogP contribution in [0.1, 0.15) is 73.1 Å². The molecular formula is C22H26N2O6S. The fourth-order valence-electron chi connectivity index (χ4n) is 3.93. The molecule has 0 amide bonds. The van der Waals surface area contributed by atoms with Crippen LogP contribution in [-0.2, 0) is 14.8 Å².